The second-order valence-electron chi connectivity index (χ2n) is 5.65. The lowest BCUT2D eigenvalue weighted by Gasteiger charge is -2.29. The Bertz CT molecular complexity index is 405. The third-order valence-electron chi connectivity index (χ3n) is 4.16. The molecule has 1 saturated carbocycles. The number of nitrogens with two attached hydrogens (primary N) is 1. The molecule has 0 spiro atoms. The number of nitrogens with zero attached hydrogens (tertiary/aromatic N) is 1. The minimum absolute atomic E-state index is 0. The second kappa shape index (κ2) is 9.80. The number of rotatable bonds is 7. The van der Waals surface area contributed by atoms with Gasteiger partial charge in [-0.15, -0.1) is 12.4 Å². The molecule has 0 unspecified atom stereocenters. The average Bonchev–Trinajstić information content (AvgIpc) is 3.00. The molecule has 0 aromatic heterocycles. The molecule has 4 heteroatoms. The van der Waals surface area contributed by atoms with Crippen molar-refractivity contribution in [2.45, 2.75) is 51.0 Å². The van der Waals surface area contributed by atoms with Crippen molar-refractivity contribution in [2.75, 3.05) is 13.1 Å². The Morgan fingerprint density at radius 2 is 1.86 bits per heavy atom. The molecule has 1 fully saturated rings. The molecule has 2 rings (SSSR count). The summed E-state index contributed by atoms with van der Waals surface area (Å²) in [5, 5.41) is 0. The molecule has 1 aromatic carbocycles. The molecule has 0 radical (unpaired) electrons. The zero-order valence-corrected chi connectivity index (χ0v) is 13.5. The van der Waals surface area contributed by atoms with Gasteiger partial charge in [0.1, 0.15) is 0 Å². The molecule has 0 heterocycles. The number of carbonyl (C=O) groups excluding carboxylic acids is 1. The molecular formula is C17H27ClN2O. The van der Waals surface area contributed by atoms with Crippen molar-refractivity contribution in [3.63, 3.8) is 0 Å². The number of benzene rings is 1. The first-order chi connectivity index (χ1) is 9.81. The van der Waals surface area contributed by atoms with E-state index in [4.69, 9.17) is 5.73 Å². The molecule has 3 nitrogen and oxygen atoms in total. The third-order valence-corrected chi connectivity index (χ3v) is 4.16. The van der Waals surface area contributed by atoms with Crippen LogP contribution in [0.4, 0.5) is 0 Å². The highest BCUT2D eigenvalue weighted by molar-refractivity contribution is 5.85. The molecule has 21 heavy (non-hydrogen) atoms. The normalized spacial score (nSPS) is 14.7. The quantitative estimate of drug-likeness (QED) is 0.841. The zero-order valence-electron chi connectivity index (χ0n) is 12.7. The van der Waals surface area contributed by atoms with Crippen molar-refractivity contribution in [3.05, 3.63) is 35.9 Å². The summed E-state index contributed by atoms with van der Waals surface area (Å²) in [7, 11) is 0. The highest BCUT2D eigenvalue weighted by Gasteiger charge is 2.25. The van der Waals surface area contributed by atoms with Crippen molar-refractivity contribution in [3.8, 4) is 0 Å². The fourth-order valence-corrected chi connectivity index (χ4v) is 3.02. The standard InChI is InChI=1S/C17H26N2O.ClH/c18-13-6-11-17(20)19(16-9-4-5-10-16)14-12-15-7-2-1-3-8-15;/h1-3,7-8,16H,4-6,9-14,18H2;1H. The molecule has 1 amide bonds. The van der Waals surface area contributed by atoms with Crippen LogP contribution in [0.1, 0.15) is 44.1 Å². The largest absolute Gasteiger partial charge is 0.339 e. The summed E-state index contributed by atoms with van der Waals surface area (Å²) in [4.78, 5) is 14.5. The molecule has 0 bridgehead atoms. The van der Waals surface area contributed by atoms with Crippen LogP contribution in [0.15, 0.2) is 30.3 Å². The molecule has 1 aliphatic carbocycles. The summed E-state index contributed by atoms with van der Waals surface area (Å²) < 4.78 is 0. The van der Waals surface area contributed by atoms with E-state index in [-0.39, 0.29) is 12.4 Å². The van der Waals surface area contributed by atoms with E-state index >= 15 is 0 Å². The minimum atomic E-state index is 0. The second-order valence-corrected chi connectivity index (χ2v) is 5.65. The SMILES string of the molecule is Cl.NCCCC(=O)N(CCc1ccccc1)C1CCCC1. The van der Waals surface area contributed by atoms with Crippen molar-refractivity contribution in [1.29, 1.82) is 0 Å². The topological polar surface area (TPSA) is 46.3 Å². The van der Waals surface area contributed by atoms with Gasteiger partial charge in [0, 0.05) is 19.0 Å². The fraction of sp³-hybridized carbons (Fsp3) is 0.588. The van der Waals surface area contributed by atoms with Gasteiger partial charge in [0.25, 0.3) is 0 Å². The summed E-state index contributed by atoms with van der Waals surface area (Å²) >= 11 is 0. The van der Waals surface area contributed by atoms with Crippen LogP contribution in [0, 0.1) is 0 Å². The summed E-state index contributed by atoms with van der Waals surface area (Å²) in [6.45, 7) is 1.45. The van der Waals surface area contributed by atoms with E-state index in [1.165, 1.54) is 31.2 Å². The van der Waals surface area contributed by atoms with Crippen LogP contribution in [0.25, 0.3) is 0 Å². The Morgan fingerprint density at radius 1 is 1.19 bits per heavy atom. The van der Waals surface area contributed by atoms with E-state index in [1.807, 2.05) is 6.07 Å². The Kier molecular flexibility index (Phi) is 8.40. The average molecular weight is 311 g/mol. The van der Waals surface area contributed by atoms with Gasteiger partial charge >= 0.3 is 0 Å². The van der Waals surface area contributed by atoms with Gasteiger partial charge in [0.05, 0.1) is 0 Å². The van der Waals surface area contributed by atoms with Crippen LogP contribution in [0.3, 0.4) is 0 Å². The molecule has 1 aliphatic rings. The van der Waals surface area contributed by atoms with Crippen molar-refractivity contribution in [2.24, 2.45) is 5.73 Å². The van der Waals surface area contributed by atoms with Crippen LogP contribution in [0.2, 0.25) is 0 Å². The molecule has 0 atom stereocenters. The van der Waals surface area contributed by atoms with Gasteiger partial charge in [-0.05, 0) is 37.8 Å². The van der Waals surface area contributed by atoms with Crippen molar-refractivity contribution in [1.82, 2.24) is 4.90 Å². The number of carbonyl (C=O) groups is 1. The van der Waals surface area contributed by atoms with Gasteiger partial charge in [-0.1, -0.05) is 43.2 Å². The lowest BCUT2D eigenvalue weighted by Crippen LogP contribution is -2.40. The molecule has 1 aromatic rings. The zero-order chi connectivity index (χ0) is 14.2. The summed E-state index contributed by atoms with van der Waals surface area (Å²) in [5.41, 5.74) is 6.83. The van der Waals surface area contributed by atoms with Gasteiger partial charge in [0.15, 0.2) is 0 Å². The summed E-state index contributed by atoms with van der Waals surface area (Å²) in [5.74, 6) is 0.290. The maximum Gasteiger partial charge on any atom is 0.222 e. The Hall–Kier alpha value is -1.06. The van der Waals surface area contributed by atoms with E-state index in [0.717, 1.165) is 19.4 Å². The number of hydrogen-bond acceptors (Lipinski definition) is 2. The smallest absolute Gasteiger partial charge is 0.222 e. The van der Waals surface area contributed by atoms with Crippen molar-refractivity contribution >= 4 is 18.3 Å². The Labute approximate surface area is 134 Å². The fourth-order valence-electron chi connectivity index (χ4n) is 3.02. The van der Waals surface area contributed by atoms with E-state index in [2.05, 4.69) is 29.2 Å². The monoisotopic (exact) mass is 310 g/mol. The summed E-state index contributed by atoms with van der Waals surface area (Å²) in [6.07, 6.45) is 7.21. The first kappa shape index (κ1) is 18.0. The predicted octanol–water partition coefficient (Wildman–Crippen LogP) is 3.16. The molecule has 0 saturated heterocycles. The first-order valence-electron chi connectivity index (χ1n) is 7.84. The van der Waals surface area contributed by atoms with Gasteiger partial charge in [-0.3, -0.25) is 4.79 Å². The van der Waals surface area contributed by atoms with Gasteiger partial charge < -0.3 is 10.6 Å². The summed E-state index contributed by atoms with van der Waals surface area (Å²) in [6, 6.07) is 10.9. The Balaban J connectivity index is 0.00000220. The number of amides is 1. The highest BCUT2D eigenvalue weighted by atomic mass is 35.5. The lowest BCUT2D eigenvalue weighted by molar-refractivity contribution is -0.133. The minimum Gasteiger partial charge on any atom is -0.339 e. The van der Waals surface area contributed by atoms with Gasteiger partial charge in [-0.25, -0.2) is 0 Å². The molecular weight excluding hydrogens is 284 g/mol. The van der Waals surface area contributed by atoms with Crippen LogP contribution in [-0.4, -0.2) is 29.9 Å². The van der Waals surface area contributed by atoms with Crippen LogP contribution in [-0.2, 0) is 11.2 Å². The maximum atomic E-state index is 12.4. The maximum absolute atomic E-state index is 12.4. The molecule has 2 N–H and O–H groups in total. The van der Waals surface area contributed by atoms with Crippen LogP contribution >= 0.6 is 12.4 Å². The van der Waals surface area contributed by atoms with E-state index in [0.29, 0.717) is 24.9 Å². The van der Waals surface area contributed by atoms with Crippen LogP contribution < -0.4 is 5.73 Å². The molecule has 0 aliphatic heterocycles. The van der Waals surface area contributed by atoms with E-state index in [1.54, 1.807) is 0 Å². The molecule has 118 valence electrons. The van der Waals surface area contributed by atoms with Crippen molar-refractivity contribution < 1.29 is 4.79 Å². The lowest BCUT2D eigenvalue weighted by atomic mass is 10.1. The number of hydrogen-bond donors (Lipinski definition) is 1. The first-order valence-corrected chi connectivity index (χ1v) is 7.84. The highest BCUT2D eigenvalue weighted by Crippen LogP contribution is 2.24. The van der Waals surface area contributed by atoms with Gasteiger partial charge in [-0.2, -0.15) is 0 Å². The Morgan fingerprint density at radius 3 is 2.48 bits per heavy atom. The van der Waals surface area contributed by atoms with Gasteiger partial charge in [0.2, 0.25) is 5.91 Å². The van der Waals surface area contributed by atoms with Crippen LogP contribution in [0.5, 0.6) is 0 Å². The third kappa shape index (κ3) is 5.68. The van der Waals surface area contributed by atoms with E-state index in [9.17, 15) is 4.79 Å². The predicted molar refractivity (Wildman–Crippen MR) is 89.7 cm³/mol. The number of halogens is 1. The van der Waals surface area contributed by atoms with E-state index < -0.39 is 0 Å².